The first kappa shape index (κ1) is 10.6. The van der Waals surface area contributed by atoms with Gasteiger partial charge in [0.15, 0.2) is 0 Å². The molecule has 84 valence electrons. The minimum Gasteiger partial charge on any atom is -0.313 e. The Morgan fingerprint density at radius 1 is 1.38 bits per heavy atom. The van der Waals surface area contributed by atoms with E-state index in [9.17, 15) is 14.0 Å². The second-order valence-corrected chi connectivity index (χ2v) is 3.42. The van der Waals surface area contributed by atoms with Gasteiger partial charge in [-0.15, -0.1) is 0 Å². The van der Waals surface area contributed by atoms with Gasteiger partial charge in [-0.25, -0.2) is 13.8 Å². The summed E-state index contributed by atoms with van der Waals surface area (Å²) in [4.78, 5) is 23.5. The van der Waals surface area contributed by atoms with Crippen molar-refractivity contribution in [3.8, 4) is 0 Å². The molecule has 0 bridgehead atoms. The fourth-order valence-electron chi connectivity index (χ4n) is 1.64. The van der Waals surface area contributed by atoms with E-state index >= 15 is 0 Å². The molecule has 0 aliphatic carbocycles. The average molecular weight is 223 g/mol. The maximum absolute atomic E-state index is 13.0. The van der Waals surface area contributed by atoms with Crippen LogP contribution in [0.5, 0.6) is 0 Å². The zero-order chi connectivity index (χ0) is 11.9. The molecule has 6 heteroatoms. The number of nitrogens with zero attached hydrogens (tertiary/aromatic N) is 2. The summed E-state index contributed by atoms with van der Waals surface area (Å²) in [7, 11) is 1.47. The van der Waals surface area contributed by atoms with E-state index in [0.717, 1.165) is 10.6 Å². The quantitative estimate of drug-likeness (QED) is 0.725. The number of fused-ring (bicyclic) bond motifs is 1. The summed E-state index contributed by atoms with van der Waals surface area (Å²) in [6.45, 7) is -0.196. The molecule has 5 nitrogen and oxygen atoms in total. The van der Waals surface area contributed by atoms with Gasteiger partial charge in [0, 0.05) is 7.05 Å². The van der Waals surface area contributed by atoms with Gasteiger partial charge in [0.05, 0.1) is 17.6 Å². The Bertz CT molecular complexity index is 672. The highest BCUT2D eigenvalue weighted by molar-refractivity contribution is 5.77. The molecule has 0 amide bonds. The number of aryl methyl sites for hydroxylation is 1. The largest absolute Gasteiger partial charge is 0.332 e. The molecular formula is C10H10FN3O2. The topological polar surface area (TPSA) is 70.0 Å². The third-order valence-corrected chi connectivity index (χ3v) is 2.50. The van der Waals surface area contributed by atoms with E-state index < -0.39 is 17.1 Å². The van der Waals surface area contributed by atoms with Crippen LogP contribution in [0.15, 0.2) is 27.8 Å². The van der Waals surface area contributed by atoms with Crippen LogP contribution < -0.4 is 17.0 Å². The number of nitrogens with two attached hydrogens (primary N) is 1. The lowest BCUT2D eigenvalue weighted by Crippen LogP contribution is -2.41. The minimum absolute atomic E-state index is 0.196. The predicted molar refractivity (Wildman–Crippen MR) is 57.6 cm³/mol. The van der Waals surface area contributed by atoms with E-state index in [4.69, 9.17) is 5.73 Å². The van der Waals surface area contributed by atoms with Crippen molar-refractivity contribution in [2.75, 3.05) is 0 Å². The minimum atomic E-state index is -0.550. The molecule has 0 radical (unpaired) electrons. The zero-order valence-corrected chi connectivity index (χ0v) is 8.61. The first-order valence-corrected chi connectivity index (χ1v) is 4.65. The molecule has 2 N–H and O–H groups in total. The Morgan fingerprint density at radius 3 is 2.69 bits per heavy atom. The molecule has 0 aliphatic heterocycles. The van der Waals surface area contributed by atoms with Gasteiger partial charge in [-0.3, -0.25) is 9.36 Å². The lowest BCUT2D eigenvalue weighted by atomic mass is 10.2. The average Bonchev–Trinajstić information content (AvgIpc) is 2.27. The first-order valence-electron chi connectivity index (χ1n) is 4.65. The third-order valence-electron chi connectivity index (χ3n) is 2.50. The second kappa shape index (κ2) is 3.57. The highest BCUT2D eigenvalue weighted by Crippen LogP contribution is 2.08. The Balaban J connectivity index is 3.08. The van der Waals surface area contributed by atoms with Crippen LogP contribution in [0.1, 0.15) is 0 Å². The van der Waals surface area contributed by atoms with Crippen LogP contribution in [0.2, 0.25) is 0 Å². The Kier molecular flexibility index (Phi) is 2.35. The van der Waals surface area contributed by atoms with Crippen LogP contribution in [-0.2, 0) is 13.7 Å². The van der Waals surface area contributed by atoms with Gasteiger partial charge in [-0.05, 0) is 18.2 Å². The molecule has 1 aromatic carbocycles. The van der Waals surface area contributed by atoms with Crippen molar-refractivity contribution in [2.24, 2.45) is 12.8 Å². The summed E-state index contributed by atoms with van der Waals surface area (Å²) < 4.78 is 15.1. The molecule has 1 aromatic heterocycles. The van der Waals surface area contributed by atoms with Crippen LogP contribution in [0, 0.1) is 5.82 Å². The van der Waals surface area contributed by atoms with Gasteiger partial charge in [-0.1, -0.05) is 0 Å². The number of rotatable bonds is 1. The summed E-state index contributed by atoms with van der Waals surface area (Å²) in [6, 6.07) is 3.67. The number of hydrogen-bond acceptors (Lipinski definition) is 3. The molecular weight excluding hydrogens is 213 g/mol. The fourth-order valence-corrected chi connectivity index (χ4v) is 1.64. The Hall–Kier alpha value is -1.95. The van der Waals surface area contributed by atoms with Crippen molar-refractivity contribution >= 4 is 10.9 Å². The molecule has 0 atom stereocenters. The standard InChI is InChI=1S/C10H10FN3O2/c1-13-8-4-6(11)2-3-7(8)9(15)14(5-12)10(13)16/h2-4H,5,12H2,1H3. The Morgan fingerprint density at radius 2 is 2.06 bits per heavy atom. The number of aromatic nitrogens is 2. The van der Waals surface area contributed by atoms with Gasteiger partial charge in [-0.2, -0.15) is 0 Å². The maximum Gasteiger partial charge on any atom is 0.332 e. The fraction of sp³-hybridized carbons (Fsp3) is 0.200. The summed E-state index contributed by atoms with van der Waals surface area (Å²) in [5, 5.41) is 0.272. The summed E-state index contributed by atoms with van der Waals surface area (Å²) in [5.41, 5.74) is 4.53. The van der Waals surface area contributed by atoms with E-state index in [1.54, 1.807) is 0 Å². The molecule has 0 spiro atoms. The van der Waals surface area contributed by atoms with Gasteiger partial charge >= 0.3 is 5.69 Å². The van der Waals surface area contributed by atoms with Crippen LogP contribution in [0.4, 0.5) is 4.39 Å². The summed E-state index contributed by atoms with van der Waals surface area (Å²) in [5.74, 6) is -0.493. The highest BCUT2D eigenvalue weighted by atomic mass is 19.1. The summed E-state index contributed by atoms with van der Waals surface area (Å²) in [6.07, 6.45) is 0. The predicted octanol–water partition coefficient (Wildman–Crippen LogP) is -0.245. The van der Waals surface area contributed by atoms with E-state index in [1.807, 2.05) is 0 Å². The van der Waals surface area contributed by atoms with E-state index in [0.29, 0.717) is 0 Å². The van der Waals surface area contributed by atoms with E-state index in [1.165, 1.54) is 23.7 Å². The number of hydrogen-bond donors (Lipinski definition) is 1. The van der Waals surface area contributed by atoms with Gasteiger partial charge in [0.25, 0.3) is 5.56 Å². The van der Waals surface area contributed by atoms with E-state index in [-0.39, 0.29) is 17.6 Å². The van der Waals surface area contributed by atoms with Crippen LogP contribution >= 0.6 is 0 Å². The molecule has 1 heterocycles. The number of benzene rings is 1. The van der Waals surface area contributed by atoms with Crippen molar-refractivity contribution in [1.29, 1.82) is 0 Å². The second-order valence-electron chi connectivity index (χ2n) is 3.42. The molecule has 0 saturated heterocycles. The van der Waals surface area contributed by atoms with Crippen LogP contribution in [0.25, 0.3) is 10.9 Å². The third kappa shape index (κ3) is 1.35. The normalized spacial score (nSPS) is 10.9. The van der Waals surface area contributed by atoms with Crippen LogP contribution in [0.3, 0.4) is 0 Å². The monoisotopic (exact) mass is 223 g/mol. The van der Waals surface area contributed by atoms with Crippen molar-refractivity contribution < 1.29 is 4.39 Å². The zero-order valence-electron chi connectivity index (χ0n) is 8.61. The van der Waals surface area contributed by atoms with Gasteiger partial charge < -0.3 is 5.73 Å². The van der Waals surface area contributed by atoms with Crippen molar-refractivity contribution in [3.05, 3.63) is 44.9 Å². The van der Waals surface area contributed by atoms with E-state index in [2.05, 4.69) is 0 Å². The molecule has 0 unspecified atom stereocenters. The molecule has 0 aliphatic rings. The molecule has 16 heavy (non-hydrogen) atoms. The SMILES string of the molecule is Cn1c(=O)n(CN)c(=O)c2ccc(F)cc21. The smallest absolute Gasteiger partial charge is 0.313 e. The first-order chi connectivity index (χ1) is 7.56. The molecule has 0 saturated carbocycles. The van der Waals surface area contributed by atoms with Crippen molar-refractivity contribution in [3.63, 3.8) is 0 Å². The van der Waals surface area contributed by atoms with Crippen molar-refractivity contribution in [1.82, 2.24) is 9.13 Å². The molecule has 2 aromatic rings. The van der Waals surface area contributed by atoms with Gasteiger partial charge in [0.2, 0.25) is 0 Å². The molecule has 2 rings (SSSR count). The maximum atomic E-state index is 13.0. The van der Waals surface area contributed by atoms with Crippen molar-refractivity contribution in [2.45, 2.75) is 6.67 Å². The highest BCUT2D eigenvalue weighted by Gasteiger charge is 2.09. The Labute approximate surface area is 89.5 Å². The number of halogens is 1. The summed E-state index contributed by atoms with van der Waals surface area (Å²) >= 11 is 0. The lowest BCUT2D eigenvalue weighted by Gasteiger charge is -2.08. The van der Waals surface area contributed by atoms with Crippen LogP contribution in [-0.4, -0.2) is 9.13 Å². The molecule has 0 fully saturated rings. The lowest BCUT2D eigenvalue weighted by molar-refractivity contribution is 0.613. The van der Waals surface area contributed by atoms with Gasteiger partial charge in [0.1, 0.15) is 5.82 Å².